The normalized spacial score (nSPS) is 35.5. The highest BCUT2D eigenvalue weighted by Crippen LogP contribution is 2.16. The maximum atomic E-state index is 12.1. The first-order valence-electron chi connectivity index (χ1n) is 6.47. The summed E-state index contributed by atoms with van der Waals surface area (Å²) in [5, 5.41) is 6.51. The molecule has 2 N–H and O–H groups in total. The predicted molar refractivity (Wildman–Crippen MR) is 72.3 cm³/mol. The van der Waals surface area contributed by atoms with Gasteiger partial charge >= 0.3 is 0 Å². The number of nitrogens with one attached hydrogen (secondary N) is 2. The third-order valence-electron chi connectivity index (χ3n) is 3.67. The van der Waals surface area contributed by atoms with Gasteiger partial charge in [0.05, 0.1) is 6.04 Å². The zero-order valence-corrected chi connectivity index (χ0v) is 11.6. The summed E-state index contributed by atoms with van der Waals surface area (Å²) < 4.78 is 0. The molecule has 3 atom stereocenters. The molecule has 2 saturated heterocycles. The van der Waals surface area contributed by atoms with Crippen molar-refractivity contribution in [1.82, 2.24) is 15.5 Å². The highest BCUT2D eigenvalue weighted by molar-refractivity contribution is 7.99. The Balaban J connectivity index is 1.81. The molecule has 2 rings (SSSR count). The summed E-state index contributed by atoms with van der Waals surface area (Å²) >= 11 is 1.86. The molecule has 3 unspecified atom stereocenters. The van der Waals surface area contributed by atoms with E-state index in [4.69, 9.17) is 0 Å². The average molecular weight is 257 g/mol. The van der Waals surface area contributed by atoms with Crippen LogP contribution in [-0.2, 0) is 4.79 Å². The molecule has 98 valence electrons. The van der Waals surface area contributed by atoms with Crippen molar-refractivity contribution in [3.8, 4) is 0 Å². The lowest BCUT2D eigenvalue weighted by atomic mass is 9.94. The number of carbonyl (C=O) groups excluding carboxylic acids is 1. The molecule has 0 aromatic rings. The van der Waals surface area contributed by atoms with Crippen LogP contribution in [0.2, 0.25) is 0 Å². The fraction of sp³-hybridized carbons (Fsp3) is 0.917. The van der Waals surface area contributed by atoms with Gasteiger partial charge in [0.2, 0.25) is 5.91 Å². The van der Waals surface area contributed by atoms with Gasteiger partial charge in [-0.2, -0.15) is 11.8 Å². The van der Waals surface area contributed by atoms with Crippen molar-refractivity contribution >= 4 is 17.7 Å². The average Bonchev–Trinajstić information content (AvgIpc) is 2.34. The summed E-state index contributed by atoms with van der Waals surface area (Å²) in [4.78, 5) is 14.4. The number of nitrogens with zero attached hydrogens (tertiary/aromatic N) is 1. The van der Waals surface area contributed by atoms with Crippen molar-refractivity contribution in [1.29, 1.82) is 0 Å². The van der Waals surface area contributed by atoms with Gasteiger partial charge in [0.25, 0.3) is 0 Å². The molecule has 0 aromatic carbocycles. The molecule has 2 aliphatic rings. The third-order valence-corrected chi connectivity index (χ3v) is 4.74. The third kappa shape index (κ3) is 3.60. The largest absolute Gasteiger partial charge is 0.352 e. The Morgan fingerprint density at radius 1 is 1.53 bits per heavy atom. The highest BCUT2D eigenvalue weighted by Gasteiger charge is 2.28. The van der Waals surface area contributed by atoms with Crippen molar-refractivity contribution in [3.05, 3.63) is 0 Å². The standard InChI is InChI=1S/C12H23N3OS/c1-9-7-15(2)5-3-10(9)14-12(16)11-8-17-6-4-13-11/h9-11,13H,3-8H2,1-2H3,(H,14,16). The maximum Gasteiger partial charge on any atom is 0.238 e. The van der Waals surface area contributed by atoms with Crippen LogP contribution in [0.4, 0.5) is 0 Å². The van der Waals surface area contributed by atoms with Crippen LogP contribution in [0.15, 0.2) is 0 Å². The molecule has 0 saturated carbocycles. The minimum Gasteiger partial charge on any atom is -0.352 e. The number of likely N-dealkylation sites (tertiary alicyclic amines) is 1. The molecule has 0 aromatic heterocycles. The van der Waals surface area contributed by atoms with E-state index >= 15 is 0 Å². The Hall–Kier alpha value is -0.260. The number of piperidine rings is 1. The van der Waals surface area contributed by atoms with E-state index in [1.165, 1.54) is 0 Å². The molecule has 4 nitrogen and oxygen atoms in total. The molecular weight excluding hydrogens is 234 g/mol. The Kier molecular flexibility index (Phi) is 4.70. The van der Waals surface area contributed by atoms with Gasteiger partial charge in [0.1, 0.15) is 0 Å². The van der Waals surface area contributed by atoms with E-state index in [2.05, 4.69) is 29.5 Å². The minimum atomic E-state index is 0.0145. The van der Waals surface area contributed by atoms with Gasteiger partial charge in [-0.25, -0.2) is 0 Å². The SMILES string of the molecule is CC1CN(C)CCC1NC(=O)C1CSCCN1. The first kappa shape index (κ1) is 13.2. The van der Waals surface area contributed by atoms with Gasteiger partial charge < -0.3 is 15.5 Å². The van der Waals surface area contributed by atoms with Crippen molar-refractivity contribution in [2.45, 2.75) is 25.4 Å². The first-order valence-corrected chi connectivity index (χ1v) is 7.62. The number of thioether (sulfide) groups is 1. The molecule has 17 heavy (non-hydrogen) atoms. The fourth-order valence-corrected chi connectivity index (χ4v) is 3.52. The summed E-state index contributed by atoms with van der Waals surface area (Å²) in [5.74, 6) is 2.77. The highest BCUT2D eigenvalue weighted by atomic mass is 32.2. The summed E-state index contributed by atoms with van der Waals surface area (Å²) in [6.45, 7) is 5.34. The number of hydrogen-bond donors (Lipinski definition) is 2. The van der Waals surface area contributed by atoms with Gasteiger partial charge in [-0.15, -0.1) is 0 Å². The Bertz CT molecular complexity index is 268. The van der Waals surface area contributed by atoms with E-state index in [0.29, 0.717) is 12.0 Å². The number of rotatable bonds is 2. The van der Waals surface area contributed by atoms with Crippen molar-refractivity contribution in [2.24, 2.45) is 5.92 Å². The molecular formula is C12H23N3OS. The molecule has 1 amide bonds. The Labute approximate surface area is 108 Å². The topological polar surface area (TPSA) is 44.4 Å². The lowest BCUT2D eigenvalue weighted by molar-refractivity contribution is -0.124. The van der Waals surface area contributed by atoms with Crippen LogP contribution < -0.4 is 10.6 Å². The van der Waals surface area contributed by atoms with E-state index in [1.807, 2.05) is 11.8 Å². The second-order valence-electron chi connectivity index (χ2n) is 5.22. The van der Waals surface area contributed by atoms with Gasteiger partial charge in [-0.1, -0.05) is 6.92 Å². The van der Waals surface area contributed by atoms with Crippen molar-refractivity contribution < 1.29 is 4.79 Å². The molecule has 0 radical (unpaired) electrons. The molecule has 0 aliphatic carbocycles. The molecule has 2 heterocycles. The molecule has 0 bridgehead atoms. The first-order chi connectivity index (χ1) is 8.16. The van der Waals surface area contributed by atoms with Gasteiger partial charge in [-0.3, -0.25) is 4.79 Å². The molecule has 2 fully saturated rings. The van der Waals surface area contributed by atoms with E-state index in [1.54, 1.807) is 0 Å². The second kappa shape index (κ2) is 6.07. The minimum absolute atomic E-state index is 0.0145. The van der Waals surface area contributed by atoms with Crippen LogP contribution in [0, 0.1) is 5.92 Å². The van der Waals surface area contributed by atoms with Crippen molar-refractivity contribution in [2.75, 3.05) is 38.2 Å². The second-order valence-corrected chi connectivity index (χ2v) is 6.37. The molecule has 0 spiro atoms. The quantitative estimate of drug-likeness (QED) is 0.739. The predicted octanol–water partition coefficient (Wildman–Crippen LogP) is 0.148. The van der Waals surface area contributed by atoms with Gasteiger partial charge in [-0.05, 0) is 25.9 Å². The zero-order chi connectivity index (χ0) is 12.3. The Morgan fingerprint density at radius 3 is 3.00 bits per heavy atom. The van der Waals surface area contributed by atoms with Gasteiger partial charge in [0, 0.05) is 30.6 Å². The number of carbonyl (C=O) groups is 1. The number of hydrogen-bond acceptors (Lipinski definition) is 4. The smallest absolute Gasteiger partial charge is 0.238 e. The van der Waals surface area contributed by atoms with Crippen LogP contribution in [0.3, 0.4) is 0 Å². The van der Waals surface area contributed by atoms with Crippen LogP contribution in [0.25, 0.3) is 0 Å². The maximum absolute atomic E-state index is 12.1. The summed E-state index contributed by atoms with van der Waals surface area (Å²) in [6, 6.07) is 0.369. The Morgan fingerprint density at radius 2 is 2.35 bits per heavy atom. The van der Waals surface area contributed by atoms with Gasteiger partial charge in [0.15, 0.2) is 0 Å². The van der Waals surface area contributed by atoms with E-state index in [9.17, 15) is 4.79 Å². The van der Waals surface area contributed by atoms with E-state index in [-0.39, 0.29) is 11.9 Å². The van der Waals surface area contributed by atoms with Crippen LogP contribution >= 0.6 is 11.8 Å². The number of amides is 1. The summed E-state index contributed by atoms with van der Waals surface area (Å²) in [6.07, 6.45) is 1.07. The zero-order valence-electron chi connectivity index (χ0n) is 10.7. The molecule has 2 aliphatic heterocycles. The van der Waals surface area contributed by atoms with Crippen LogP contribution in [-0.4, -0.2) is 61.1 Å². The monoisotopic (exact) mass is 257 g/mol. The summed E-state index contributed by atoms with van der Waals surface area (Å²) in [5.41, 5.74) is 0. The van der Waals surface area contributed by atoms with Crippen LogP contribution in [0.5, 0.6) is 0 Å². The summed E-state index contributed by atoms with van der Waals surface area (Å²) in [7, 11) is 2.15. The van der Waals surface area contributed by atoms with Crippen LogP contribution in [0.1, 0.15) is 13.3 Å². The fourth-order valence-electron chi connectivity index (χ4n) is 2.59. The van der Waals surface area contributed by atoms with E-state index < -0.39 is 0 Å². The van der Waals surface area contributed by atoms with E-state index in [0.717, 1.165) is 37.6 Å². The van der Waals surface area contributed by atoms with Crippen molar-refractivity contribution in [3.63, 3.8) is 0 Å². The lowest BCUT2D eigenvalue weighted by Gasteiger charge is -2.36. The molecule has 5 heteroatoms. The lowest BCUT2D eigenvalue weighted by Crippen LogP contribution is -2.55.